The summed E-state index contributed by atoms with van der Waals surface area (Å²) in [5.74, 6) is 1.24. The first-order chi connectivity index (χ1) is 12.1. The van der Waals surface area contributed by atoms with E-state index in [0.29, 0.717) is 23.2 Å². The van der Waals surface area contributed by atoms with Gasteiger partial charge < -0.3 is 4.90 Å². The lowest BCUT2D eigenvalue weighted by molar-refractivity contribution is -0.132. The second-order valence-corrected chi connectivity index (χ2v) is 7.64. The number of aryl methyl sites for hydroxylation is 1. The molecule has 1 saturated heterocycles. The van der Waals surface area contributed by atoms with Crippen LogP contribution in [0.1, 0.15) is 43.9 Å². The Balaban J connectivity index is 1.62. The maximum atomic E-state index is 12.5. The minimum Gasteiger partial charge on any atom is -0.339 e. The number of fused-ring (bicyclic) bond motifs is 1. The van der Waals surface area contributed by atoms with Crippen molar-refractivity contribution in [1.82, 2.24) is 14.3 Å². The molecule has 1 aliphatic rings. The van der Waals surface area contributed by atoms with Crippen LogP contribution in [0, 0.1) is 6.92 Å². The Labute approximate surface area is 152 Å². The van der Waals surface area contributed by atoms with Crippen molar-refractivity contribution >= 4 is 23.3 Å². The van der Waals surface area contributed by atoms with E-state index in [9.17, 15) is 9.59 Å². The van der Waals surface area contributed by atoms with Gasteiger partial charge in [-0.15, -0.1) is 11.8 Å². The summed E-state index contributed by atoms with van der Waals surface area (Å²) in [6.07, 6.45) is 6.27. The molecule has 0 saturated carbocycles. The largest absolute Gasteiger partial charge is 0.339 e. The monoisotopic (exact) mass is 359 g/mol. The molecule has 0 radical (unpaired) electrons. The summed E-state index contributed by atoms with van der Waals surface area (Å²) in [6.45, 7) is 4.98. The van der Waals surface area contributed by atoms with Crippen LogP contribution in [0.25, 0.3) is 5.65 Å². The fraction of sp³-hybridized carbons (Fsp3) is 0.526. The Bertz CT molecular complexity index is 818. The molecule has 0 bridgehead atoms. The van der Waals surface area contributed by atoms with E-state index in [1.54, 1.807) is 16.7 Å². The fourth-order valence-corrected chi connectivity index (χ4v) is 4.21. The van der Waals surface area contributed by atoms with Gasteiger partial charge in [-0.25, -0.2) is 4.98 Å². The Morgan fingerprint density at radius 3 is 3.00 bits per heavy atom. The standard InChI is InChI=1S/C19H25N3O2S/c1-3-16-6-4-5-9-21(16)19(24)13-25-12-15-10-18(23)22-11-14(2)7-8-17(22)20-15/h7-8,10-11,16H,3-6,9,12-13H2,1-2H3/t16-/m0/s1. The van der Waals surface area contributed by atoms with Crippen molar-refractivity contribution in [2.75, 3.05) is 12.3 Å². The number of amides is 1. The molecule has 0 unspecified atom stereocenters. The van der Waals surface area contributed by atoms with Crippen molar-refractivity contribution in [3.63, 3.8) is 0 Å². The third-order valence-corrected chi connectivity index (χ3v) is 5.71. The first kappa shape index (κ1) is 18.0. The van der Waals surface area contributed by atoms with Crippen LogP contribution in [-0.4, -0.2) is 38.5 Å². The van der Waals surface area contributed by atoms with Gasteiger partial charge in [0, 0.05) is 30.6 Å². The molecule has 2 aromatic rings. The zero-order chi connectivity index (χ0) is 17.8. The maximum Gasteiger partial charge on any atom is 0.258 e. The third-order valence-electron chi connectivity index (χ3n) is 4.75. The van der Waals surface area contributed by atoms with Crippen molar-refractivity contribution in [1.29, 1.82) is 0 Å². The van der Waals surface area contributed by atoms with Crippen molar-refractivity contribution < 1.29 is 4.79 Å². The molecule has 25 heavy (non-hydrogen) atoms. The molecule has 3 heterocycles. The van der Waals surface area contributed by atoms with E-state index < -0.39 is 0 Å². The molecule has 5 nitrogen and oxygen atoms in total. The number of pyridine rings is 1. The van der Waals surface area contributed by atoms with Gasteiger partial charge in [0.05, 0.1) is 11.4 Å². The van der Waals surface area contributed by atoms with Crippen LogP contribution in [0.15, 0.2) is 29.2 Å². The lowest BCUT2D eigenvalue weighted by Crippen LogP contribution is -2.44. The molecule has 1 fully saturated rings. The fourth-order valence-electron chi connectivity index (χ4n) is 3.41. The van der Waals surface area contributed by atoms with Gasteiger partial charge in [0.25, 0.3) is 5.56 Å². The lowest BCUT2D eigenvalue weighted by atomic mass is 10.0. The summed E-state index contributed by atoms with van der Waals surface area (Å²) in [6, 6.07) is 5.77. The molecule has 1 amide bonds. The van der Waals surface area contributed by atoms with Crippen molar-refractivity contribution in [3.8, 4) is 0 Å². The number of thioether (sulfide) groups is 1. The molecule has 1 atom stereocenters. The van der Waals surface area contributed by atoms with Crippen LogP contribution in [0.5, 0.6) is 0 Å². The first-order valence-electron chi connectivity index (χ1n) is 8.94. The van der Waals surface area contributed by atoms with Crippen LogP contribution >= 0.6 is 11.8 Å². The van der Waals surface area contributed by atoms with Crippen LogP contribution in [0.4, 0.5) is 0 Å². The first-order valence-corrected chi connectivity index (χ1v) is 10.1. The van der Waals surface area contributed by atoms with Crippen LogP contribution in [0.2, 0.25) is 0 Å². The predicted octanol–water partition coefficient (Wildman–Crippen LogP) is 3.03. The van der Waals surface area contributed by atoms with Gasteiger partial charge in [0.2, 0.25) is 5.91 Å². The van der Waals surface area contributed by atoms with E-state index in [1.807, 2.05) is 24.0 Å². The molecule has 2 aromatic heterocycles. The Hall–Kier alpha value is -1.82. The minimum atomic E-state index is -0.0716. The van der Waals surface area contributed by atoms with Gasteiger partial charge in [-0.3, -0.25) is 14.0 Å². The minimum absolute atomic E-state index is 0.0716. The van der Waals surface area contributed by atoms with E-state index in [2.05, 4.69) is 11.9 Å². The van der Waals surface area contributed by atoms with E-state index >= 15 is 0 Å². The number of piperidine rings is 1. The summed E-state index contributed by atoms with van der Waals surface area (Å²) in [5, 5.41) is 0. The highest BCUT2D eigenvalue weighted by Crippen LogP contribution is 2.21. The Kier molecular flexibility index (Phi) is 5.78. The zero-order valence-corrected chi connectivity index (χ0v) is 15.7. The molecule has 1 aliphatic heterocycles. The average Bonchev–Trinajstić information content (AvgIpc) is 2.62. The summed E-state index contributed by atoms with van der Waals surface area (Å²) >= 11 is 1.54. The Morgan fingerprint density at radius 1 is 1.36 bits per heavy atom. The smallest absolute Gasteiger partial charge is 0.258 e. The van der Waals surface area contributed by atoms with Crippen molar-refractivity contribution in [2.24, 2.45) is 0 Å². The number of rotatable bonds is 5. The molecule has 0 spiro atoms. The summed E-state index contributed by atoms with van der Waals surface area (Å²) in [7, 11) is 0. The molecular weight excluding hydrogens is 334 g/mol. The predicted molar refractivity (Wildman–Crippen MR) is 102 cm³/mol. The third kappa shape index (κ3) is 4.24. The molecule has 134 valence electrons. The summed E-state index contributed by atoms with van der Waals surface area (Å²) in [5.41, 5.74) is 2.34. The van der Waals surface area contributed by atoms with Gasteiger partial charge in [-0.2, -0.15) is 0 Å². The second kappa shape index (κ2) is 8.04. The van der Waals surface area contributed by atoms with E-state index in [1.165, 1.54) is 18.2 Å². The highest BCUT2D eigenvalue weighted by molar-refractivity contribution is 7.99. The second-order valence-electron chi connectivity index (χ2n) is 6.66. The number of hydrogen-bond acceptors (Lipinski definition) is 4. The normalized spacial score (nSPS) is 17.8. The van der Waals surface area contributed by atoms with Gasteiger partial charge in [-0.1, -0.05) is 13.0 Å². The van der Waals surface area contributed by atoms with E-state index in [0.717, 1.165) is 37.1 Å². The molecular formula is C19H25N3O2S. The number of nitrogens with zero attached hydrogens (tertiary/aromatic N) is 3. The molecule has 0 aromatic carbocycles. The summed E-state index contributed by atoms with van der Waals surface area (Å²) < 4.78 is 1.56. The SMILES string of the molecule is CC[C@H]1CCCCN1C(=O)CSCc1cc(=O)n2cc(C)ccc2n1. The van der Waals surface area contributed by atoms with Gasteiger partial charge in [0.15, 0.2) is 0 Å². The molecule has 6 heteroatoms. The van der Waals surface area contributed by atoms with Crippen molar-refractivity contribution in [2.45, 2.75) is 51.3 Å². The van der Waals surface area contributed by atoms with Crippen molar-refractivity contribution in [3.05, 3.63) is 46.0 Å². The van der Waals surface area contributed by atoms with E-state index in [-0.39, 0.29) is 11.5 Å². The van der Waals surface area contributed by atoms with Gasteiger partial charge in [0.1, 0.15) is 5.65 Å². The number of carbonyl (C=O) groups is 1. The Morgan fingerprint density at radius 2 is 2.20 bits per heavy atom. The summed E-state index contributed by atoms with van der Waals surface area (Å²) in [4.78, 5) is 31.3. The van der Waals surface area contributed by atoms with Gasteiger partial charge in [-0.05, 0) is 44.2 Å². The number of carbonyl (C=O) groups excluding carboxylic acids is 1. The van der Waals surface area contributed by atoms with Crippen LogP contribution < -0.4 is 5.56 Å². The number of likely N-dealkylation sites (tertiary alicyclic amines) is 1. The average molecular weight is 359 g/mol. The number of hydrogen-bond donors (Lipinski definition) is 0. The molecule has 0 aliphatic carbocycles. The zero-order valence-electron chi connectivity index (χ0n) is 14.9. The highest BCUT2D eigenvalue weighted by Gasteiger charge is 2.24. The van der Waals surface area contributed by atoms with E-state index in [4.69, 9.17) is 0 Å². The quantitative estimate of drug-likeness (QED) is 0.823. The highest BCUT2D eigenvalue weighted by atomic mass is 32.2. The topological polar surface area (TPSA) is 54.7 Å². The van der Waals surface area contributed by atoms with Crippen LogP contribution in [-0.2, 0) is 10.5 Å². The van der Waals surface area contributed by atoms with Gasteiger partial charge >= 0.3 is 0 Å². The molecule has 0 N–H and O–H groups in total. The molecule has 3 rings (SSSR count). The lowest BCUT2D eigenvalue weighted by Gasteiger charge is -2.35. The van der Waals surface area contributed by atoms with Crippen LogP contribution in [0.3, 0.4) is 0 Å². The number of aromatic nitrogens is 2. The maximum absolute atomic E-state index is 12.5.